The van der Waals surface area contributed by atoms with Crippen molar-refractivity contribution in [1.82, 2.24) is 0 Å². The van der Waals surface area contributed by atoms with Crippen LogP contribution in [0.5, 0.6) is 5.75 Å². The molecule has 7 heteroatoms. The lowest BCUT2D eigenvalue weighted by Gasteiger charge is -2.24. The first-order valence-electron chi connectivity index (χ1n) is 6.82. The summed E-state index contributed by atoms with van der Waals surface area (Å²) in [6.45, 7) is 0. The molecule has 0 atom stereocenters. The van der Waals surface area contributed by atoms with E-state index in [0.29, 0.717) is 0 Å². The average molecular weight is 326 g/mol. The molecule has 1 aliphatic rings. The van der Waals surface area contributed by atoms with Gasteiger partial charge in [-0.2, -0.15) is 5.26 Å². The highest BCUT2D eigenvalue weighted by atomic mass is 16.5. The molecule has 0 bridgehead atoms. The van der Waals surface area contributed by atoms with Crippen LogP contribution in [0.4, 0.5) is 5.69 Å². The molecule has 0 unspecified atom stereocenters. The number of anilines is 1. The summed E-state index contributed by atoms with van der Waals surface area (Å²) in [5.41, 5.74) is -0.0669. The van der Waals surface area contributed by atoms with Gasteiger partial charge in [-0.05, 0) is 24.3 Å². The third-order valence-electron chi connectivity index (χ3n) is 3.27. The largest absolute Gasteiger partial charge is 0.506 e. The number of hydrogen-bond acceptors (Lipinski definition) is 7. The average Bonchev–Trinajstić information content (AvgIpc) is 2.82. The fraction of sp³-hybridized carbons (Fsp3) is 0.118. The van der Waals surface area contributed by atoms with Crippen molar-refractivity contribution < 1.29 is 24.2 Å². The molecule has 0 aliphatic carbocycles. The predicted molar refractivity (Wildman–Crippen MR) is 84.6 cm³/mol. The molecule has 7 nitrogen and oxygen atoms in total. The number of nitriles is 1. The molecule has 1 aliphatic heterocycles. The number of carbonyl (C=O) groups excluding carboxylic acids is 2. The molecule has 0 amide bonds. The normalized spacial score (nSPS) is 13.3. The van der Waals surface area contributed by atoms with Crippen molar-refractivity contribution in [2.45, 2.75) is 0 Å². The summed E-state index contributed by atoms with van der Waals surface area (Å²) in [5.74, 6) is -1.81. The van der Waals surface area contributed by atoms with Gasteiger partial charge in [0.2, 0.25) is 0 Å². The summed E-state index contributed by atoms with van der Waals surface area (Å²) in [6, 6.07) is 6.29. The van der Waals surface area contributed by atoms with Crippen molar-refractivity contribution >= 4 is 17.6 Å². The Labute approximate surface area is 138 Å². The number of phenols is 1. The van der Waals surface area contributed by atoms with Gasteiger partial charge in [-0.15, -0.1) is 0 Å². The SMILES string of the molecule is COC(=O)C1=C(C(=O)OC)N(c2c(O)cccc2C#N)C=CC=C1. The van der Waals surface area contributed by atoms with Gasteiger partial charge < -0.3 is 19.5 Å². The van der Waals surface area contributed by atoms with E-state index < -0.39 is 11.9 Å². The third kappa shape index (κ3) is 2.98. The Bertz CT molecular complexity index is 815. The van der Waals surface area contributed by atoms with Crippen LogP contribution in [0.2, 0.25) is 0 Å². The van der Waals surface area contributed by atoms with E-state index in [1.807, 2.05) is 6.07 Å². The van der Waals surface area contributed by atoms with Crippen molar-refractivity contribution in [3.05, 3.63) is 59.5 Å². The fourth-order valence-corrected chi connectivity index (χ4v) is 2.21. The van der Waals surface area contributed by atoms with Crippen LogP contribution >= 0.6 is 0 Å². The second kappa shape index (κ2) is 7.15. The smallest absolute Gasteiger partial charge is 0.355 e. The zero-order valence-electron chi connectivity index (χ0n) is 13.0. The Morgan fingerprint density at radius 1 is 1.17 bits per heavy atom. The number of nitrogens with zero attached hydrogens (tertiary/aromatic N) is 2. The van der Waals surface area contributed by atoms with Gasteiger partial charge in [0.05, 0.1) is 25.4 Å². The topological polar surface area (TPSA) is 99.9 Å². The molecular weight excluding hydrogens is 312 g/mol. The summed E-state index contributed by atoms with van der Waals surface area (Å²) < 4.78 is 9.46. The number of aromatic hydroxyl groups is 1. The number of esters is 2. The van der Waals surface area contributed by atoms with E-state index in [0.717, 1.165) is 7.11 Å². The lowest BCUT2D eigenvalue weighted by Crippen LogP contribution is -2.27. The molecular formula is C17H14N2O5. The number of rotatable bonds is 3. The van der Waals surface area contributed by atoms with E-state index in [1.54, 1.807) is 6.08 Å². The molecule has 0 aromatic heterocycles. The minimum Gasteiger partial charge on any atom is -0.506 e. The zero-order valence-corrected chi connectivity index (χ0v) is 13.0. The number of methoxy groups -OCH3 is 2. The first-order chi connectivity index (χ1) is 11.5. The summed E-state index contributed by atoms with van der Waals surface area (Å²) in [6.07, 6.45) is 5.91. The summed E-state index contributed by atoms with van der Waals surface area (Å²) in [7, 11) is 2.35. The van der Waals surface area contributed by atoms with Gasteiger partial charge in [0.25, 0.3) is 0 Å². The molecule has 1 N–H and O–H groups in total. The maximum atomic E-state index is 12.3. The van der Waals surface area contributed by atoms with Gasteiger partial charge in [-0.1, -0.05) is 12.1 Å². The van der Waals surface area contributed by atoms with Gasteiger partial charge >= 0.3 is 11.9 Å². The first-order valence-corrected chi connectivity index (χ1v) is 6.82. The molecule has 0 fully saturated rings. The summed E-state index contributed by atoms with van der Waals surface area (Å²) in [4.78, 5) is 25.6. The van der Waals surface area contributed by atoms with E-state index in [1.165, 1.54) is 48.6 Å². The van der Waals surface area contributed by atoms with E-state index >= 15 is 0 Å². The van der Waals surface area contributed by atoms with Crippen LogP contribution in [0.1, 0.15) is 5.56 Å². The van der Waals surface area contributed by atoms with Gasteiger partial charge in [0, 0.05) is 6.20 Å². The van der Waals surface area contributed by atoms with Gasteiger partial charge in [0.15, 0.2) is 0 Å². The standard InChI is InChI=1S/C17H14N2O5/c1-23-16(21)12-7-3-4-9-19(15(12)17(22)24-2)14-11(10-18)6-5-8-13(14)20/h3-9,20H,1-2H3. The van der Waals surface area contributed by atoms with Crippen LogP contribution in [0.25, 0.3) is 0 Å². The quantitative estimate of drug-likeness (QED) is 0.845. The Hall–Kier alpha value is -3.53. The Kier molecular flexibility index (Phi) is 5.02. The number of carbonyl (C=O) groups is 2. The Morgan fingerprint density at radius 3 is 2.50 bits per heavy atom. The second-order valence-electron chi connectivity index (χ2n) is 4.60. The lowest BCUT2D eigenvalue weighted by molar-refractivity contribution is -0.139. The maximum absolute atomic E-state index is 12.3. The Balaban J connectivity index is 2.79. The van der Waals surface area contributed by atoms with Crippen molar-refractivity contribution in [2.24, 2.45) is 0 Å². The van der Waals surface area contributed by atoms with Crippen LogP contribution in [0.3, 0.4) is 0 Å². The molecule has 1 heterocycles. The summed E-state index contributed by atoms with van der Waals surface area (Å²) >= 11 is 0. The van der Waals surface area contributed by atoms with Gasteiger partial charge in [-0.25, -0.2) is 9.59 Å². The predicted octanol–water partition coefficient (Wildman–Crippen LogP) is 1.75. The minimum atomic E-state index is -0.821. The first kappa shape index (κ1) is 16.8. The van der Waals surface area contributed by atoms with E-state index in [-0.39, 0.29) is 28.3 Å². The third-order valence-corrected chi connectivity index (χ3v) is 3.27. The Morgan fingerprint density at radius 2 is 1.88 bits per heavy atom. The van der Waals surface area contributed by atoms with Crippen LogP contribution in [0.15, 0.2) is 53.9 Å². The van der Waals surface area contributed by atoms with E-state index in [4.69, 9.17) is 9.47 Å². The molecule has 1 aromatic rings. The number of para-hydroxylation sites is 1. The van der Waals surface area contributed by atoms with Crippen molar-refractivity contribution in [2.75, 3.05) is 19.1 Å². The van der Waals surface area contributed by atoms with E-state index in [2.05, 4.69) is 0 Å². The molecule has 0 radical (unpaired) electrons. The van der Waals surface area contributed by atoms with Crippen molar-refractivity contribution in [1.29, 1.82) is 5.26 Å². The molecule has 1 aromatic carbocycles. The van der Waals surface area contributed by atoms with Crippen molar-refractivity contribution in [3.8, 4) is 11.8 Å². The highest BCUT2D eigenvalue weighted by Gasteiger charge is 2.29. The number of hydrogen-bond donors (Lipinski definition) is 1. The van der Waals surface area contributed by atoms with E-state index in [9.17, 15) is 20.0 Å². The fourth-order valence-electron chi connectivity index (χ4n) is 2.21. The van der Waals surface area contributed by atoms with Crippen molar-refractivity contribution in [3.63, 3.8) is 0 Å². The molecule has 2 rings (SSSR count). The van der Waals surface area contributed by atoms with Crippen LogP contribution in [-0.4, -0.2) is 31.3 Å². The molecule has 24 heavy (non-hydrogen) atoms. The van der Waals surface area contributed by atoms with Crippen LogP contribution in [0, 0.1) is 11.3 Å². The van der Waals surface area contributed by atoms with Crippen LogP contribution in [-0.2, 0) is 19.1 Å². The zero-order chi connectivity index (χ0) is 17.7. The monoisotopic (exact) mass is 326 g/mol. The summed E-state index contributed by atoms with van der Waals surface area (Å²) in [5, 5.41) is 19.5. The second-order valence-corrected chi connectivity index (χ2v) is 4.60. The highest BCUT2D eigenvalue weighted by molar-refractivity contribution is 6.06. The molecule has 122 valence electrons. The lowest BCUT2D eigenvalue weighted by atomic mass is 10.1. The minimum absolute atomic E-state index is 0.0572. The van der Waals surface area contributed by atoms with Crippen LogP contribution < -0.4 is 4.90 Å². The molecule has 0 saturated carbocycles. The number of phenolic OH excluding ortho intramolecular Hbond substituents is 1. The molecule has 0 spiro atoms. The number of ether oxygens (including phenoxy) is 2. The number of benzene rings is 1. The molecule has 0 saturated heterocycles. The highest BCUT2D eigenvalue weighted by Crippen LogP contribution is 2.35. The number of allylic oxidation sites excluding steroid dienone is 2. The van der Waals surface area contributed by atoms with Gasteiger partial charge in [0.1, 0.15) is 23.2 Å². The van der Waals surface area contributed by atoms with Gasteiger partial charge in [-0.3, -0.25) is 0 Å². The maximum Gasteiger partial charge on any atom is 0.355 e.